The normalized spacial score (nSPS) is 16.1. The summed E-state index contributed by atoms with van der Waals surface area (Å²) in [5, 5.41) is 15.0. The summed E-state index contributed by atoms with van der Waals surface area (Å²) >= 11 is 0. The van der Waals surface area contributed by atoms with Crippen molar-refractivity contribution in [3.05, 3.63) is 93.5 Å². The number of anilines is 3. The first-order valence-electron chi connectivity index (χ1n) is 15.0. The molecule has 2 aliphatic heterocycles. The summed E-state index contributed by atoms with van der Waals surface area (Å²) in [5.74, 6) is -0.369. The number of ether oxygens (including phenoxy) is 1. The standard InChI is InChI=1S/C33H39N5O5/c1-3-43-33(40)27-10-11-29(37-19-17-35(18-20-37)23-25-7-5-4-6-8-25)28(21-27)34-32(39)26-9-12-30(31(22-26)38(41)42)36-15-13-24(2)14-16-36/h4-12,21-22,24H,3,13-20,23H2,1-2H3,(H,34,39). The van der Waals surface area contributed by atoms with Gasteiger partial charge in [0.1, 0.15) is 5.69 Å². The zero-order chi connectivity index (χ0) is 30.3. The van der Waals surface area contributed by atoms with Gasteiger partial charge in [-0.3, -0.25) is 19.8 Å². The molecule has 0 aliphatic carbocycles. The van der Waals surface area contributed by atoms with Crippen molar-refractivity contribution in [2.45, 2.75) is 33.2 Å². The third kappa shape index (κ3) is 7.32. The topological polar surface area (TPSA) is 108 Å². The first kappa shape index (κ1) is 30.0. The van der Waals surface area contributed by atoms with Crippen LogP contribution in [0, 0.1) is 16.0 Å². The molecule has 3 aromatic carbocycles. The SMILES string of the molecule is CCOC(=O)c1ccc(N2CCN(Cc3ccccc3)CC2)c(NC(=O)c2ccc(N3CCC(C)CC3)c([N+](=O)[O-])c2)c1. The van der Waals surface area contributed by atoms with Gasteiger partial charge in [-0.1, -0.05) is 37.3 Å². The van der Waals surface area contributed by atoms with Gasteiger partial charge in [0.15, 0.2) is 0 Å². The molecule has 2 fully saturated rings. The van der Waals surface area contributed by atoms with E-state index in [-0.39, 0.29) is 17.9 Å². The summed E-state index contributed by atoms with van der Waals surface area (Å²) in [7, 11) is 0. The van der Waals surface area contributed by atoms with Crippen LogP contribution in [0.15, 0.2) is 66.7 Å². The second-order valence-corrected chi connectivity index (χ2v) is 11.3. The molecule has 0 aromatic heterocycles. The molecular weight excluding hydrogens is 546 g/mol. The largest absolute Gasteiger partial charge is 0.462 e. The van der Waals surface area contributed by atoms with E-state index in [4.69, 9.17) is 4.74 Å². The number of carbonyl (C=O) groups is 2. The van der Waals surface area contributed by atoms with Crippen molar-refractivity contribution < 1.29 is 19.2 Å². The van der Waals surface area contributed by atoms with Crippen molar-refractivity contribution in [2.24, 2.45) is 5.92 Å². The number of nitrogens with one attached hydrogen (secondary N) is 1. The van der Waals surface area contributed by atoms with Crippen molar-refractivity contribution in [1.29, 1.82) is 0 Å². The van der Waals surface area contributed by atoms with Crippen LogP contribution in [0.1, 0.15) is 53.0 Å². The Bertz CT molecular complexity index is 1450. The fourth-order valence-corrected chi connectivity index (χ4v) is 5.76. The average Bonchev–Trinajstić information content (AvgIpc) is 3.02. The molecule has 10 nitrogen and oxygen atoms in total. The number of amides is 1. The van der Waals surface area contributed by atoms with Crippen molar-refractivity contribution in [2.75, 3.05) is 61.0 Å². The van der Waals surface area contributed by atoms with Crippen molar-refractivity contribution in [3.63, 3.8) is 0 Å². The van der Waals surface area contributed by atoms with Gasteiger partial charge in [-0.05, 0) is 61.6 Å². The average molecular weight is 586 g/mol. The van der Waals surface area contributed by atoms with Crippen molar-refractivity contribution in [1.82, 2.24) is 4.90 Å². The molecule has 5 rings (SSSR count). The first-order chi connectivity index (χ1) is 20.8. The number of hydrogen-bond donors (Lipinski definition) is 1. The van der Waals surface area contributed by atoms with E-state index in [1.807, 2.05) is 29.2 Å². The van der Waals surface area contributed by atoms with E-state index >= 15 is 0 Å². The van der Waals surface area contributed by atoms with E-state index in [0.29, 0.717) is 22.9 Å². The van der Waals surface area contributed by atoms with Crippen LogP contribution < -0.4 is 15.1 Å². The Hall–Kier alpha value is -4.44. The number of hydrogen-bond acceptors (Lipinski definition) is 8. The van der Waals surface area contributed by atoms with Crippen LogP contribution in [0.25, 0.3) is 0 Å². The molecule has 0 bridgehead atoms. The summed E-state index contributed by atoms with van der Waals surface area (Å²) in [6, 6.07) is 20.2. The summed E-state index contributed by atoms with van der Waals surface area (Å²) in [4.78, 5) is 44.3. The zero-order valence-corrected chi connectivity index (χ0v) is 24.8. The quantitative estimate of drug-likeness (QED) is 0.197. The Kier molecular flexibility index (Phi) is 9.56. The lowest BCUT2D eigenvalue weighted by atomic mass is 9.98. The number of benzene rings is 3. The molecule has 1 amide bonds. The number of nitro benzene ring substituents is 1. The maximum Gasteiger partial charge on any atom is 0.338 e. The maximum atomic E-state index is 13.5. The van der Waals surface area contributed by atoms with E-state index in [0.717, 1.165) is 64.3 Å². The van der Waals surface area contributed by atoms with E-state index in [2.05, 4.69) is 34.2 Å². The van der Waals surface area contributed by atoms with Crippen LogP contribution in [0.3, 0.4) is 0 Å². The molecule has 0 unspecified atom stereocenters. The molecule has 10 heteroatoms. The minimum absolute atomic E-state index is 0.0859. The lowest BCUT2D eigenvalue weighted by Gasteiger charge is -2.37. The van der Waals surface area contributed by atoms with Gasteiger partial charge >= 0.3 is 5.97 Å². The van der Waals surface area contributed by atoms with Gasteiger partial charge in [-0.15, -0.1) is 0 Å². The number of esters is 1. The molecule has 2 saturated heterocycles. The second-order valence-electron chi connectivity index (χ2n) is 11.3. The third-order valence-corrected chi connectivity index (χ3v) is 8.28. The molecule has 43 heavy (non-hydrogen) atoms. The van der Waals surface area contributed by atoms with Crippen molar-refractivity contribution >= 4 is 34.6 Å². The molecule has 226 valence electrons. The molecule has 0 radical (unpaired) electrons. The van der Waals surface area contributed by atoms with Gasteiger partial charge in [0.2, 0.25) is 0 Å². The number of nitrogens with zero attached hydrogens (tertiary/aromatic N) is 4. The number of carbonyl (C=O) groups excluding carboxylic acids is 2. The van der Waals surface area contributed by atoms with Gasteiger partial charge in [0.25, 0.3) is 11.6 Å². The Morgan fingerprint density at radius 1 is 0.884 bits per heavy atom. The predicted octanol–water partition coefficient (Wildman–Crippen LogP) is 5.58. The van der Waals surface area contributed by atoms with Crippen LogP contribution >= 0.6 is 0 Å². The molecular formula is C33H39N5O5. The van der Waals surface area contributed by atoms with E-state index < -0.39 is 16.8 Å². The fourth-order valence-electron chi connectivity index (χ4n) is 5.76. The van der Waals surface area contributed by atoms with E-state index in [1.54, 1.807) is 31.2 Å². The lowest BCUT2D eigenvalue weighted by Crippen LogP contribution is -2.46. The molecule has 0 atom stereocenters. The monoisotopic (exact) mass is 585 g/mol. The molecule has 1 N–H and O–H groups in total. The van der Waals surface area contributed by atoms with Gasteiger partial charge in [-0.25, -0.2) is 4.79 Å². The smallest absolute Gasteiger partial charge is 0.338 e. The van der Waals surface area contributed by atoms with Crippen LogP contribution in [0.2, 0.25) is 0 Å². The Morgan fingerprint density at radius 3 is 2.21 bits per heavy atom. The number of rotatable bonds is 9. The highest BCUT2D eigenvalue weighted by atomic mass is 16.6. The first-order valence-corrected chi connectivity index (χ1v) is 15.0. The van der Waals surface area contributed by atoms with Gasteiger partial charge < -0.3 is 19.9 Å². The Balaban J connectivity index is 1.36. The minimum atomic E-state index is -0.480. The summed E-state index contributed by atoms with van der Waals surface area (Å²) in [5.41, 5.74) is 3.46. The molecule has 0 spiro atoms. The molecule has 2 aliphatic rings. The van der Waals surface area contributed by atoms with Crippen LogP contribution in [-0.4, -0.2) is 67.6 Å². The Morgan fingerprint density at radius 2 is 1.53 bits per heavy atom. The highest BCUT2D eigenvalue weighted by Gasteiger charge is 2.26. The fraction of sp³-hybridized carbons (Fsp3) is 0.394. The van der Waals surface area contributed by atoms with E-state index in [9.17, 15) is 19.7 Å². The van der Waals surface area contributed by atoms with Gasteiger partial charge in [0, 0.05) is 57.4 Å². The van der Waals surface area contributed by atoms with Crippen LogP contribution in [0.5, 0.6) is 0 Å². The van der Waals surface area contributed by atoms with Crippen LogP contribution in [-0.2, 0) is 11.3 Å². The number of nitro groups is 1. The maximum absolute atomic E-state index is 13.5. The summed E-state index contributed by atoms with van der Waals surface area (Å²) in [6.45, 7) is 9.68. The van der Waals surface area contributed by atoms with Gasteiger partial charge in [-0.2, -0.15) is 0 Å². The summed E-state index contributed by atoms with van der Waals surface area (Å²) in [6.07, 6.45) is 1.94. The predicted molar refractivity (Wildman–Crippen MR) is 168 cm³/mol. The number of piperazine rings is 1. The molecule has 2 heterocycles. The zero-order valence-electron chi connectivity index (χ0n) is 24.8. The van der Waals surface area contributed by atoms with Crippen LogP contribution in [0.4, 0.5) is 22.7 Å². The van der Waals surface area contributed by atoms with E-state index in [1.165, 1.54) is 11.6 Å². The number of piperidine rings is 1. The Labute approximate surface area is 252 Å². The highest BCUT2D eigenvalue weighted by molar-refractivity contribution is 6.07. The third-order valence-electron chi connectivity index (χ3n) is 8.28. The summed E-state index contributed by atoms with van der Waals surface area (Å²) < 4.78 is 5.20. The van der Waals surface area contributed by atoms with Crippen molar-refractivity contribution in [3.8, 4) is 0 Å². The molecule has 3 aromatic rings. The second kappa shape index (κ2) is 13.7. The lowest BCUT2D eigenvalue weighted by molar-refractivity contribution is -0.384. The van der Waals surface area contributed by atoms with Gasteiger partial charge in [0.05, 0.1) is 28.5 Å². The minimum Gasteiger partial charge on any atom is -0.462 e. The highest BCUT2D eigenvalue weighted by Crippen LogP contribution is 2.34. The molecule has 0 saturated carbocycles.